The van der Waals surface area contributed by atoms with Crippen LogP contribution in [0.5, 0.6) is 0 Å². The van der Waals surface area contributed by atoms with E-state index in [1.165, 1.54) is 53.5 Å². The fraction of sp³-hybridized carbons (Fsp3) is 0.405. The van der Waals surface area contributed by atoms with Gasteiger partial charge in [0.15, 0.2) is 5.82 Å². The molecule has 0 saturated heterocycles. The lowest BCUT2D eigenvalue weighted by Crippen LogP contribution is -2.44. The molecule has 1 atom stereocenters. The third-order valence-corrected chi connectivity index (χ3v) is 8.91. The smallest absolute Gasteiger partial charge is 0.335 e. The van der Waals surface area contributed by atoms with Crippen molar-refractivity contribution in [2.45, 2.75) is 12.5 Å². The van der Waals surface area contributed by atoms with Crippen LogP contribution in [0.2, 0.25) is 5.02 Å². The number of hydrogen-bond acceptors (Lipinski definition) is 14. The maximum atomic E-state index is 15.1. The van der Waals surface area contributed by atoms with Gasteiger partial charge in [-0.05, 0) is 70.6 Å². The molecule has 4 aromatic rings. The summed E-state index contributed by atoms with van der Waals surface area (Å²) in [5.41, 5.74) is 1.51. The van der Waals surface area contributed by atoms with Crippen LogP contribution in [-0.4, -0.2) is 155 Å². The predicted octanol–water partition coefficient (Wildman–Crippen LogP) is 3.40. The highest BCUT2D eigenvalue weighted by Crippen LogP contribution is 2.25. The van der Waals surface area contributed by atoms with Crippen molar-refractivity contribution in [1.29, 1.82) is 0 Å². The number of nitrogens with zero attached hydrogens (tertiary/aromatic N) is 4. The number of aromatic nitrogens is 4. The summed E-state index contributed by atoms with van der Waals surface area (Å²) >= 11 is 6.00. The van der Waals surface area contributed by atoms with Gasteiger partial charge in [0.25, 0.3) is 0 Å². The second kappa shape index (κ2) is 29.5. The lowest BCUT2D eigenvalue weighted by atomic mass is 10.0. The number of urea groups is 1. The summed E-state index contributed by atoms with van der Waals surface area (Å²) < 4.78 is 53.8. The Balaban J connectivity index is 1.16. The summed E-state index contributed by atoms with van der Waals surface area (Å²) in [5, 5.41) is 30.7. The minimum atomic E-state index is -1.16. The number of carboxylic acids is 1. The Bertz CT molecular complexity index is 2050. The molecular formula is C42H52ClFN8O12. The molecule has 22 heteroatoms. The van der Waals surface area contributed by atoms with Crippen LogP contribution in [0, 0.1) is 5.82 Å². The Hall–Kier alpha value is -5.91. The first-order valence-corrected chi connectivity index (χ1v) is 20.5. The largest absolute Gasteiger partial charge is 0.478 e. The number of carboxylic acid groups (broad SMARTS) is 1. The highest BCUT2D eigenvalue weighted by molar-refractivity contribution is 6.31. The molecule has 0 aliphatic carbocycles. The fourth-order valence-electron chi connectivity index (χ4n) is 5.42. The Morgan fingerprint density at radius 2 is 1.30 bits per heavy atom. The molecule has 5 N–H and O–H groups in total. The van der Waals surface area contributed by atoms with Gasteiger partial charge in [-0.3, -0.25) is 9.59 Å². The van der Waals surface area contributed by atoms with Gasteiger partial charge in [-0.25, -0.2) is 14.0 Å². The van der Waals surface area contributed by atoms with E-state index in [1.807, 2.05) is 0 Å². The standard InChI is InChI=1S/C42H52ClFN8O12/c1-58-16-17-60-20-21-62-24-25-64-27-26-63-23-22-61-19-18-59-15-14-45-42(57)48-33-6-2-30(3-7-33)28-36(40(54)47-32-8-4-31(5-9-32)41(55)56)49-38(53)13-10-34-37(52-29-46-50-51-52)12-11-35(43)39(34)44/h2-13,29,36H,14-28H2,1H3,(H,47,54)(H,49,53)(H,55,56)(H2,45,48,57)/b13-10+/t36-/m0/s1. The number of carbonyl (C=O) groups is 4. The first-order chi connectivity index (χ1) is 31.1. The van der Waals surface area contributed by atoms with Crippen molar-refractivity contribution in [2.24, 2.45) is 0 Å². The number of benzene rings is 3. The molecule has 3 aromatic carbocycles. The van der Waals surface area contributed by atoms with Crippen LogP contribution in [0.25, 0.3) is 11.8 Å². The number of methoxy groups -OCH3 is 1. The summed E-state index contributed by atoms with van der Waals surface area (Å²) in [5.74, 6) is -3.32. The van der Waals surface area contributed by atoms with Gasteiger partial charge in [-0.2, -0.15) is 4.68 Å². The Kier molecular flexibility index (Phi) is 23.3. The summed E-state index contributed by atoms with van der Waals surface area (Å²) in [7, 11) is 1.62. The second-order valence-corrected chi connectivity index (χ2v) is 13.7. The number of aromatic carboxylic acids is 1. The number of rotatable bonds is 31. The molecule has 0 unspecified atom stereocenters. The molecule has 1 heterocycles. The molecule has 0 bridgehead atoms. The van der Waals surface area contributed by atoms with E-state index in [0.717, 1.165) is 6.08 Å². The van der Waals surface area contributed by atoms with Crippen LogP contribution in [-0.2, 0) is 49.2 Å². The average Bonchev–Trinajstić information content (AvgIpc) is 3.83. The highest BCUT2D eigenvalue weighted by atomic mass is 35.5. The molecule has 64 heavy (non-hydrogen) atoms. The van der Waals surface area contributed by atoms with E-state index < -0.39 is 35.7 Å². The molecular weight excluding hydrogens is 863 g/mol. The molecule has 0 aliphatic heterocycles. The van der Waals surface area contributed by atoms with E-state index in [9.17, 15) is 24.3 Å². The van der Waals surface area contributed by atoms with Gasteiger partial charge in [0, 0.05) is 43.1 Å². The number of nitrogens with one attached hydrogen (secondary N) is 4. The van der Waals surface area contributed by atoms with Gasteiger partial charge >= 0.3 is 12.0 Å². The van der Waals surface area contributed by atoms with Crippen LogP contribution in [0.4, 0.5) is 20.6 Å². The zero-order valence-corrected chi connectivity index (χ0v) is 35.9. The van der Waals surface area contributed by atoms with Crippen molar-refractivity contribution in [3.8, 4) is 5.69 Å². The lowest BCUT2D eigenvalue weighted by molar-refractivity contribution is -0.123. The number of carbonyl (C=O) groups excluding carboxylic acids is 3. The molecule has 346 valence electrons. The van der Waals surface area contributed by atoms with Crippen molar-refractivity contribution >= 4 is 52.9 Å². The first-order valence-electron chi connectivity index (χ1n) is 20.1. The first kappa shape index (κ1) is 50.7. The Morgan fingerprint density at radius 1 is 0.750 bits per heavy atom. The quantitative estimate of drug-likeness (QED) is 0.0359. The van der Waals surface area contributed by atoms with Crippen LogP contribution in [0.3, 0.4) is 0 Å². The van der Waals surface area contributed by atoms with Gasteiger partial charge < -0.3 is 59.5 Å². The van der Waals surface area contributed by atoms with Crippen LogP contribution < -0.4 is 21.3 Å². The molecule has 4 amide bonds. The number of ether oxygens (including phenoxy) is 7. The minimum absolute atomic E-state index is 0.000210. The Labute approximate surface area is 373 Å². The number of tetrazole rings is 1. The van der Waals surface area contributed by atoms with E-state index in [-0.39, 0.29) is 47.1 Å². The lowest BCUT2D eigenvalue weighted by Gasteiger charge is -2.18. The molecule has 0 radical (unpaired) electrons. The number of hydrogen-bond donors (Lipinski definition) is 5. The SMILES string of the molecule is COCCOCCOCCOCCOCCOCCOCCNC(=O)Nc1ccc(C[C@H](NC(=O)/C=C/c2c(-n3cnnn3)ccc(Cl)c2F)C(=O)Nc2ccc(C(=O)O)cc2)cc1. The highest BCUT2D eigenvalue weighted by Gasteiger charge is 2.22. The van der Waals surface area contributed by atoms with Gasteiger partial charge in [0.1, 0.15) is 12.4 Å². The van der Waals surface area contributed by atoms with Gasteiger partial charge in [0.05, 0.1) is 102 Å². The van der Waals surface area contributed by atoms with E-state index >= 15 is 4.39 Å². The number of anilines is 2. The second-order valence-electron chi connectivity index (χ2n) is 13.3. The van der Waals surface area contributed by atoms with E-state index in [2.05, 4.69) is 36.8 Å². The van der Waals surface area contributed by atoms with Gasteiger partial charge in [0.2, 0.25) is 11.8 Å². The third kappa shape index (κ3) is 19.2. The molecule has 1 aromatic heterocycles. The normalized spacial score (nSPS) is 11.7. The summed E-state index contributed by atoms with van der Waals surface area (Å²) in [4.78, 5) is 50.5. The third-order valence-electron chi connectivity index (χ3n) is 8.61. The van der Waals surface area contributed by atoms with Crippen LogP contribution >= 0.6 is 11.6 Å². The fourth-order valence-corrected chi connectivity index (χ4v) is 5.58. The molecule has 0 saturated carbocycles. The van der Waals surface area contributed by atoms with Crippen LogP contribution in [0.15, 0.2) is 73.1 Å². The van der Waals surface area contributed by atoms with Gasteiger partial charge in [-0.15, -0.1) is 5.10 Å². The maximum Gasteiger partial charge on any atom is 0.335 e. The monoisotopic (exact) mass is 914 g/mol. The van der Waals surface area contributed by atoms with E-state index in [0.29, 0.717) is 90.5 Å². The molecule has 0 fully saturated rings. The van der Waals surface area contributed by atoms with E-state index in [1.54, 1.807) is 31.4 Å². The van der Waals surface area contributed by atoms with E-state index in [4.69, 9.17) is 44.8 Å². The van der Waals surface area contributed by atoms with Gasteiger partial charge in [-0.1, -0.05) is 23.7 Å². The van der Waals surface area contributed by atoms with Crippen molar-refractivity contribution in [2.75, 3.05) is 110 Å². The Morgan fingerprint density at radius 3 is 1.84 bits per heavy atom. The van der Waals surface area contributed by atoms with Crippen molar-refractivity contribution in [3.63, 3.8) is 0 Å². The number of amides is 4. The zero-order valence-electron chi connectivity index (χ0n) is 35.2. The summed E-state index contributed by atoms with van der Waals surface area (Å²) in [6, 6.07) is 13.2. The molecule has 0 spiro atoms. The number of halogens is 2. The maximum absolute atomic E-state index is 15.1. The molecule has 0 aliphatic rings. The zero-order chi connectivity index (χ0) is 45.8. The van der Waals surface area contributed by atoms with Crippen molar-refractivity contribution in [1.82, 2.24) is 30.8 Å². The summed E-state index contributed by atoms with van der Waals surface area (Å²) in [6.45, 7) is 5.97. The van der Waals surface area contributed by atoms with Crippen molar-refractivity contribution < 1.29 is 61.8 Å². The molecule has 20 nitrogen and oxygen atoms in total. The van der Waals surface area contributed by atoms with Crippen molar-refractivity contribution in [3.05, 3.63) is 101 Å². The average molecular weight is 915 g/mol. The summed E-state index contributed by atoms with van der Waals surface area (Å²) in [6.07, 6.45) is 3.47. The minimum Gasteiger partial charge on any atom is -0.478 e. The predicted molar refractivity (Wildman–Crippen MR) is 231 cm³/mol. The molecule has 4 rings (SSSR count). The van der Waals surface area contributed by atoms with Crippen LogP contribution in [0.1, 0.15) is 21.5 Å². The topological polar surface area (TPSA) is 245 Å².